The van der Waals surface area contributed by atoms with Gasteiger partial charge < -0.3 is 10.2 Å². The maximum absolute atomic E-state index is 13.8. The number of halogens is 1. The molecule has 1 aromatic carbocycles. The van der Waals surface area contributed by atoms with Crippen LogP contribution in [0.1, 0.15) is 26.3 Å². The fraction of sp³-hybridized carbons (Fsp3) is 0.533. The predicted octanol–water partition coefficient (Wildman–Crippen LogP) is 3.04. The van der Waals surface area contributed by atoms with Gasteiger partial charge in [-0.05, 0) is 17.7 Å². The van der Waals surface area contributed by atoms with Crippen molar-refractivity contribution in [3.63, 3.8) is 0 Å². The summed E-state index contributed by atoms with van der Waals surface area (Å²) in [6.45, 7) is 6.56. The molecule has 0 heterocycles. The Kier molecular flexibility index (Phi) is 5.87. The van der Waals surface area contributed by atoms with E-state index in [9.17, 15) is 9.18 Å². The SMILES string of the molecule is CN(C)c1ccc(CNC(=O)CSC(C)(C)C)cc1F. The van der Waals surface area contributed by atoms with Gasteiger partial charge in [0.1, 0.15) is 5.82 Å². The lowest BCUT2D eigenvalue weighted by Gasteiger charge is -2.17. The normalized spacial score (nSPS) is 11.3. The van der Waals surface area contributed by atoms with Crippen molar-refractivity contribution in [2.75, 3.05) is 24.7 Å². The topological polar surface area (TPSA) is 32.3 Å². The molecule has 0 radical (unpaired) electrons. The van der Waals surface area contributed by atoms with Crippen LogP contribution in [0.2, 0.25) is 0 Å². The maximum atomic E-state index is 13.8. The highest BCUT2D eigenvalue weighted by Crippen LogP contribution is 2.22. The summed E-state index contributed by atoms with van der Waals surface area (Å²) in [4.78, 5) is 13.4. The molecule has 1 amide bonds. The van der Waals surface area contributed by atoms with Crippen molar-refractivity contribution >= 4 is 23.4 Å². The minimum atomic E-state index is -0.272. The van der Waals surface area contributed by atoms with Gasteiger partial charge in [-0.2, -0.15) is 0 Å². The van der Waals surface area contributed by atoms with E-state index >= 15 is 0 Å². The van der Waals surface area contributed by atoms with Gasteiger partial charge in [-0.3, -0.25) is 4.79 Å². The number of benzene rings is 1. The van der Waals surface area contributed by atoms with Gasteiger partial charge in [0.25, 0.3) is 0 Å². The van der Waals surface area contributed by atoms with Crippen LogP contribution in [0.15, 0.2) is 18.2 Å². The van der Waals surface area contributed by atoms with E-state index in [4.69, 9.17) is 0 Å². The number of nitrogens with one attached hydrogen (secondary N) is 1. The summed E-state index contributed by atoms with van der Waals surface area (Å²) in [5.41, 5.74) is 1.31. The van der Waals surface area contributed by atoms with E-state index in [1.54, 1.807) is 36.8 Å². The van der Waals surface area contributed by atoms with Crippen LogP contribution in [0.25, 0.3) is 0 Å². The number of rotatable bonds is 5. The highest BCUT2D eigenvalue weighted by molar-refractivity contribution is 8.01. The zero-order chi connectivity index (χ0) is 15.3. The van der Waals surface area contributed by atoms with Crippen LogP contribution >= 0.6 is 11.8 Å². The first-order chi connectivity index (χ1) is 9.19. The van der Waals surface area contributed by atoms with Crippen LogP contribution in [-0.2, 0) is 11.3 Å². The van der Waals surface area contributed by atoms with Crippen molar-refractivity contribution in [1.29, 1.82) is 0 Å². The van der Waals surface area contributed by atoms with Crippen LogP contribution in [-0.4, -0.2) is 30.5 Å². The van der Waals surface area contributed by atoms with E-state index in [2.05, 4.69) is 26.1 Å². The third kappa shape index (κ3) is 5.82. The minimum absolute atomic E-state index is 0.0259. The molecule has 1 aromatic rings. The minimum Gasteiger partial charge on any atom is -0.375 e. The number of thioether (sulfide) groups is 1. The van der Waals surface area contributed by atoms with E-state index in [-0.39, 0.29) is 16.5 Å². The smallest absolute Gasteiger partial charge is 0.230 e. The molecule has 0 spiro atoms. The number of carbonyl (C=O) groups is 1. The molecule has 0 saturated heterocycles. The van der Waals surface area contributed by atoms with Crippen molar-refractivity contribution in [2.45, 2.75) is 32.1 Å². The molecule has 0 unspecified atom stereocenters. The predicted molar refractivity (Wildman–Crippen MR) is 84.8 cm³/mol. The molecule has 5 heteroatoms. The number of nitrogens with zero attached hydrogens (tertiary/aromatic N) is 1. The molecule has 0 aromatic heterocycles. The monoisotopic (exact) mass is 298 g/mol. The molecule has 0 fully saturated rings. The van der Waals surface area contributed by atoms with E-state index in [1.807, 2.05) is 6.07 Å². The van der Waals surface area contributed by atoms with Gasteiger partial charge in [0.2, 0.25) is 5.91 Å². The Bertz CT molecular complexity index is 469. The second kappa shape index (κ2) is 6.97. The highest BCUT2D eigenvalue weighted by atomic mass is 32.2. The van der Waals surface area contributed by atoms with Gasteiger partial charge in [-0.15, -0.1) is 11.8 Å². The average molecular weight is 298 g/mol. The van der Waals surface area contributed by atoms with Gasteiger partial charge in [-0.1, -0.05) is 26.8 Å². The Morgan fingerprint density at radius 1 is 1.35 bits per heavy atom. The molecule has 0 bridgehead atoms. The van der Waals surface area contributed by atoms with Gasteiger partial charge >= 0.3 is 0 Å². The Balaban J connectivity index is 2.50. The second-order valence-corrected chi connectivity index (χ2v) is 7.66. The summed E-state index contributed by atoms with van der Waals surface area (Å²) in [6.07, 6.45) is 0. The zero-order valence-corrected chi connectivity index (χ0v) is 13.6. The van der Waals surface area contributed by atoms with Crippen LogP contribution in [0.3, 0.4) is 0 Å². The van der Waals surface area contributed by atoms with Crippen LogP contribution in [0.4, 0.5) is 10.1 Å². The Morgan fingerprint density at radius 3 is 2.50 bits per heavy atom. The molecular formula is C15H23FN2OS. The van der Waals surface area contributed by atoms with Crippen molar-refractivity contribution in [3.8, 4) is 0 Å². The fourth-order valence-electron chi connectivity index (χ4n) is 1.56. The quantitative estimate of drug-likeness (QED) is 0.907. The second-order valence-electron chi connectivity index (χ2n) is 5.86. The lowest BCUT2D eigenvalue weighted by molar-refractivity contribution is -0.118. The number of anilines is 1. The molecule has 112 valence electrons. The molecule has 3 nitrogen and oxygen atoms in total. The molecule has 1 N–H and O–H groups in total. The zero-order valence-electron chi connectivity index (χ0n) is 12.8. The lowest BCUT2D eigenvalue weighted by Crippen LogP contribution is -2.26. The number of carbonyl (C=O) groups excluding carboxylic acids is 1. The summed E-state index contributed by atoms with van der Waals surface area (Å²) < 4.78 is 13.8. The average Bonchev–Trinajstić information content (AvgIpc) is 2.32. The molecule has 0 aliphatic carbocycles. The van der Waals surface area contributed by atoms with Crippen LogP contribution in [0, 0.1) is 5.82 Å². The summed E-state index contributed by atoms with van der Waals surface area (Å²) in [5, 5.41) is 2.81. The molecule has 0 aliphatic heterocycles. The summed E-state index contributed by atoms with van der Waals surface area (Å²) in [7, 11) is 3.59. The van der Waals surface area contributed by atoms with Crippen molar-refractivity contribution < 1.29 is 9.18 Å². The molecule has 0 saturated carbocycles. The van der Waals surface area contributed by atoms with E-state index in [0.29, 0.717) is 18.0 Å². The maximum Gasteiger partial charge on any atom is 0.230 e. The Morgan fingerprint density at radius 2 is 2.00 bits per heavy atom. The summed E-state index contributed by atoms with van der Waals surface area (Å²) in [5.74, 6) is 0.120. The Labute approximate surface area is 124 Å². The number of hydrogen-bond acceptors (Lipinski definition) is 3. The van der Waals surface area contributed by atoms with Gasteiger partial charge in [0, 0.05) is 25.4 Å². The largest absolute Gasteiger partial charge is 0.375 e. The van der Waals surface area contributed by atoms with Crippen LogP contribution < -0.4 is 10.2 Å². The summed E-state index contributed by atoms with van der Waals surface area (Å²) in [6, 6.07) is 5.02. The molecule has 20 heavy (non-hydrogen) atoms. The van der Waals surface area contributed by atoms with Crippen molar-refractivity contribution in [2.24, 2.45) is 0 Å². The van der Waals surface area contributed by atoms with Gasteiger partial charge in [-0.25, -0.2) is 4.39 Å². The fourth-order valence-corrected chi connectivity index (χ4v) is 2.22. The van der Waals surface area contributed by atoms with E-state index in [1.165, 1.54) is 6.07 Å². The number of amides is 1. The molecule has 0 atom stereocenters. The van der Waals surface area contributed by atoms with E-state index < -0.39 is 0 Å². The van der Waals surface area contributed by atoms with Gasteiger partial charge in [0.15, 0.2) is 0 Å². The van der Waals surface area contributed by atoms with E-state index in [0.717, 1.165) is 5.56 Å². The molecule has 1 rings (SSSR count). The molecule has 0 aliphatic rings. The van der Waals surface area contributed by atoms with Crippen LogP contribution in [0.5, 0.6) is 0 Å². The number of hydrogen-bond donors (Lipinski definition) is 1. The summed E-state index contributed by atoms with van der Waals surface area (Å²) >= 11 is 1.59. The van der Waals surface area contributed by atoms with Crippen molar-refractivity contribution in [3.05, 3.63) is 29.6 Å². The molecular weight excluding hydrogens is 275 g/mol. The standard InChI is InChI=1S/C15H23FN2OS/c1-15(2,3)20-10-14(19)17-9-11-6-7-13(18(4)5)12(16)8-11/h6-8H,9-10H2,1-5H3,(H,17,19). The first kappa shape index (κ1) is 16.8. The first-order valence-corrected chi connectivity index (χ1v) is 7.54. The first-order valence-electron chi connectivity index (χ1n) is 6.55. The third-order valence-corrected chi connectivity index (χ3v) is 3.89. The Hall–Kier alpha value is -1.23. The highest BCUT2D eigenvalue weighted by Gasteiger charge is 2.13. The third-order valence-electron chi connectivity index (χ3n) is 2.62. The van der Waals surface area contributed by atoms with Crippen molar-refractivity contribution in [1.82, 2.24) is 5.32 Å². The lowest BCUT2D eigenvalue weighted by atomic mass is 10.2. The van der Waals surface area contributed by atoms with Gasteiger partial charge in [0.05, 0.1) is 11.4 Å².